The topological polar surface area (TPSA) is 85.2 Å². The SMILES string of the molecule is O=C(/C=C/c1ccccc1)NC(n1cnc2c(N3CCOCC3)ncnc21)C(Cl)(Cl)Cl. The fourth-order valence-electron chi connectivity index (χ4n) is 3.26. The van der Waals surface area contributed by atoms with E-state index in [9.17, 15) is 4.79 Å². The minimum absolute atomic E-state index is 0.426. The van der Waals surface area contributed by atoms with E-state index in [1.807, 2.05) is 30.3 Å². The number of imidazole rings is 1. The number of halogens is 3. The summed E-state index contributed by atoms with van der Waals surface area (Å²) in [5.74, 6) is 0.245. The number of alkyl halides is 3. The van der Waals surface area contributed by atoms with Crippen LogP contribution in [0.15, 0.2) is 49.1 Å². The normalized spacial score (nSPS) is 16.0. The number of amides is 1. The second kappa shape index (κ2) is 9.40. The number of carbonyl (C=O) groups is 1. The molecule has 1 saturated heterocycles. The minimum Gasteiger partial charge on any atom is -0.378 e. The molecule has 8 nitrogen and oxygen atoms in total. The highest BCUT2D eigenvalue weighted by atomic mass is 35.6. The van der Waals surface area contributed by atoms with Crippen molar-refractivity contribution in [2.24, 2.45) is 0 Å². The van der Waals surface area contributed by atoms with Crippen molar-refractivity contribution in [1.29, 1.82) is 0 Å². The zero-order valence-electron chi connectivity index (χ0n) is 16.3. The van der Waals surface area contributed by atoms with Gasteiger partial charge in [-0.3, -0.25) is 9.36 Å². The third-order valence-corrected chi connectivity index (χ3v) is 5.36. The standard InChI is InChI=1S/C20H19Cl3N6O2/c21-20(22,23)19(27-15(30)7-6-14-4-2-1-3-5-14)29-13-26-16-17(24-12-25-18(16)29)28-8-10-31-11-9-28/h1-7,12-13,19H,8-11H2,(H,27,30)/b7-6+. The lowest BCUT2D eigenvalue weighted by Crippen LogP contribution is -2.39. The lowest BCUT2D eigenvalue weighted by molar-refractivity contribution is -0.117. The molecule has 0 aliphatic carbocycles. The molecule has 11 heteroatoms. The predicted octanol–water partition coefficient (Wildman–Crippen LogP) is 3.36. The molecule has 1 amide bonds. The predicted molar refractivity (Wildman–Crippen MR) is 121 cm³/mol. The van der Waals surface area contributed by atoms with Crippen molar-refractivity contribution in [1.82, 2.24) is 24.8 Å². The molecule has 1 aliphatic rings. The van der Waals surface area contributed by atoms with E-state index in [2.05, 4.69) is 25.2 Å². The summed E-state index contributed by atoms with van der Waals surface area (Å²) in [6.07, 6.45) is 4.93. The number of anilines is 1. The Morgan fingerprint density at radius 2 is 1.87 bits per heavy atom. The van der Waals surface area contributed by atoms with Crippen molar-refractivity contribution < 1.29 is 9.53 Å². The number of nitrogens with one attached hydrogen (secondary N) is 1. The number of fused-ring (bicyclic) bond motifs is 1. The number of hydrogen-bond donors (Lipinski definition) is 1. The Balaban J connectivity index is 1.62. The molecule has 3 aromatic rings. The van der Waals surface area contributed by atoms with Gasteiger partial charge < -0.3 is 15.0 Å². The van der Waals surface area contributed by atoms with Crippen LogP contribution in [0.1, 0.15) is 11.7 Å². The number of ether oxygens (including phenoxy) is 1. The van der Waals surface area contributed by atoms with Gasteiger partial charge in [-0.15, -0.1) is 0 Å². The molecule has 1 aliphatic heterocycles. The number of rotatable bonds is 5. The van der Waals surface area contributed by atoms with Crippen LogP contribution in [-0.2, 0) is 9.53 Å². The molecule has 0 radical (unpaired) electrons. The Kier molecular flexibility index (Phi) is 6.62. The molecule has 31 heavy (non-hydrogen) atoms. The van der Waals surface area contributed by atoms with Gasteiger partial charge in [-0.1, -0.05) is 65.1 Å². The lowest BCUT2D eigenvalue weighted by atomic mass is 10.2. The van der Waals surface area contributed by atoms with E-state index in [0.717, 1.165) is 5.56 Å². The quantitative estimate of drug-likeness (QED) is 0.444. The minimum atomic E-state index is -1.85. The molecule has 0 saturated carbocycles. The zero-order valence-corrected chi connectivity index (χ0v) is 18.6. The van der Waals surface area contributed by atoms with Gasteiger partial charge in [0.25, 0.3) is 0 Å². The Morgan fingerprint density at radius 1 is 1.13 bits per heavy atom. The highest BCUT2D eigenvalue weighted by Gasteiger charge is 2.37. The van der Waals surface area contributed by atoms with Crippen LogP contribution in [0.3, 0.4) is 0 Å². The lowest BCUT2D eigenvalue weighted by Gasteiger charge is -2.28. The van der Waals surface area contributed by atoms with E-state index in [0.29, 0.717) is 43.3 Å². The summed E-state index contributed by atoms with van der Waals surface area (Å²) in [7, 11) is 0. The fourth-order valence-corrected chi connectivity index (χ4v) is 3.74. The number of aromatic nitrogens is 4. The molecule has 2 aromatic heterocycles. The summed E-state index contributed by atoms with van der Waals surface area (Å²) in [5, 5.41) is 2.73. The maximum absolute atomic E-state index is 12.6. The number of hydrogen-bond acceptors (Lipinski definition) is 6. The van der Waals surface area contributed by atoms with Gasteiger partial charge in [0.1, 0.15) is 6.33 Å². The maximum Gasteiger partial charge on any atom is 0.245 e. The van der Waals surface area contributed by atoms with Crippen molar-refractivity contribution in [2.75, 3.05) is 31.2 Å². The first-order valence-corrected chi connectivity index (χ1v) is 10.7. The van der Waals surface area contributed by atoms with Crippen molar-refractivity contribution in [3.63, 3.8) is 0 Å². The third-order valence-electron chi connectivity index (χ3n) is 4.74. The molecule has 0 bridgehead atoms. The van der Waals surface area contributed by atoms with E-state index in [1.165, 1.54) is 23.3 Å². The van der Waals surface area contributed by atoms with Crippen molar-refractivity contribution >= 4 is 63.8 Å². The van der Waals surface area contributed by atoms with Crippen LogP contribution >= 0.6 is 34.8 Å². The number of nitrogens with zero attached hydrogens (tertiary/aromatic N) is 5. The highest BCUT2D eigenvalue weighted by Crippen LogP contribution is 2.38. The van der Waals surface area contributed by atoms with Crippen LogP contribution in [-0.4, -0.2) is 55.5 Å². The van der Waals surface area contributed by atoms with E-state index >= 15 is 0 Å². The van der Waals surface area contributed by atoms with Crippen LogP contribution in [0, 0.1) is 0 Å². The molecule has 1 atom stereocenters. The van der Waals surface area contributed by atoms with E-state index in [4.69, 9.17) is 39.5 Å². The van der Waals surface area contributed by atoms with Crippen molar-refractivity contribution in [3.05, 3.63) is 54.6 Å². The summed E-state index contributed by atoms with van der Waals surface area (Å²) in [6, 6.07) is 9.41. The molecule has 1 N–H and O–H groups in total. The average Bonchev–Trinajstić information content (AvgIpc) is 3.20. The van der Waals surface area contributed by atoms with Gasteiger partial charge in [-0.2, -0.15) is 0 Å². The first-order valence-electron chi connectivity index (χ1n) is 9.54. The van der Waals surface area contributed by atoms with Gasteiger partial charge >= 0.3 is 0 Å². The third kappa shape index (κ3) is 5.10. The molecule has 1 unspecified atom stereocenters. The molecule has 0 spiro atoms. The average molecular weight is 482 g/mol. The van der Waals surface area contributed by atoms with E-state index in [-0.39, 0.29) is 0 Å². The molecular weight excluding hydrogens is 463 g/mol. The van der Waals surface area contributed by atoms with E-state index < -0.39 is 15.9 Å². The molecule has 4 rings (SSSR count). The van der Waals surface area contributed by atoms with Gasteiger partial charge in [0.15, 0.2) is 23.1 Å². The van der Waals surface area contributed by atoms with Crippen LogP contribution in [0.5, 0.6) is 0 Å². The maximum atomic E-state index is 12.6. The Morgan fingerprint density at radius 3 is 2.58 bits per heavy atom. The highest BCUT2D eigenvalue weighted by molar-refractivity contribution is 6.68. The molecular formula is C20H19Cl3N6O2. The van der Waals surface area contributed by atoms with Crippen LogP contribution in [0.25, 0.3) is 17.2 Å². The Bertz CT molecular complexity index is 1080. The van der Waals surface area contributed by atoms with Crippen LogP contribution < -0.4 is 10.2 Å². The van der Waals surface area contributed by atoms with E-state index in [1.54, 1.807) is 6.08 Å². The van der Waals surface area contributed by atoms with Gasteiger partial charge in [0, 0.05) is 19.2 Å². The molecule has 162 valence electrons. The van der Waals surface area contributed by atoms with Gasteiger partial charge in [0.05, 0.1) is 19.5 Å². The molecule has 1 aromatic carbocycles. The van der Waals surface area contributed by atoms with Gasteiger partial charge in [-0.25, -0.2) is 15.0 Å². The second-order valence-electron chi connectivity index (χ2n) is 6.82. The number of benzene rings is 1. The summed E-state index contributed by atoms with van der Waals surface area (Å²) < 4.78 is 5.08. The zero-order chi connectivity index (χ0) is 21.8. The van der Waals surface area contributed by atoms with Crippen molar-refractivity contribution in [2.45, 2.75) is 9.96 Å². The Hall–Kier alpha value is -2.39. The fraction of sp³-hybridized carbons (Fsp3) is 0.300. The first-order chi connectivity index (χ1) is 14.9. The first kappa shape index (κ1) is 21.8. The second-order valence-corrected chi connectivity index (χ2v) is 9.19. The number of carbonyl (C=O) groups excluding carboxylic acids is 1. The van der Waals surface area contributed by atoms with Crippen LogP contribution in [0.2, 0.25) is 0 Å². The molecule has 3 heterocycles. The summed E-state index contributed by atoms with van der Waals surface area (Å²) in [6.45, 7) is 2.58. The van der Waals surface area contributed by atoms with Crippen molar-refractivity contribution in [3.8, 4) is 0 Å². The monoisotopic (exact) mass is 480 g/mol. The van der Waals surface area contributed by atoms with Gasteiger partial charge in [0.2, 0.25) is 9.70 Å². The largest absolute Gasteiger partial charge is 0.378 e. The molecule has 1 fully saturated rings. The summed E-state index contributed by atoms with van der Waals surface area (Å²) in [4.78, 5) is 27.8. The number of morpholine rings is 1. The van der Waals surface area contributed by atoms with Gasteiger partial charge in [-0.05, 0) is 11.6 Å². The summed E-state index contributed by atoms with van der Waals surface area (Å²) >= 11 is 18.6. The Labute approximate surface area is 193 Å². The summed E-state index contributed by atoms with van der Waals surface area (Å²) in [5.41, 5.74) is 1.87. The smallest absolute Gasteiger partial charge is 0.245 e. The van der Waals surface area contributed by atoms with Crippen LogP contribution in [0.4, 0.5) is 5.82 Å².